The van der Waals surface area contributed by atoms with Crippen LogP contribution in [0.15, 0.2) is 102 Å². The fourth-order valence-corrected chi connectivity index (χ4v) is 5.77. The number of ketones is 1. The van der Waals surface area contributed by atoms with Gasteiger partial charge in [0.2, 0.25) is 6.23 Å². The number of carbonyl (C=O) groups is 3. The molecule has 1 heterocycles. The molecule has 0 fully saturated rings. The lowest BCUT2D eigenvalue weighted by Crippen LogP contribution is -2.51. The second kappa shape index (κ2) is 14.1. The van der Waals surface area contributed by atoms with Crippen molar-refractivity contribution in [2.75, 3.05) is 0 Å². The van der Waals surface area contributed by atoms with E-state index in [1.807, 2.05) is 64.1 Å². The van der Waals surface area contributed by atoms with Crippen molar-refractivity contribution in [3.63, 3.8) is 0 Å². The van der Waals surface area contributed by atoms with E-state index in [0.717, 1.165) is 16.7 Å². The Hall–Kier alpha value is -5.08. The standard InChI is InChI=1S/C38H36ClN3O5/c1-23(2)33(34-40-32-21-30(39)18-19-31(32)36(45)41(34)22-27-11-7-6-8-12-27)42(35(44)28-16-14-24(3)15-17-28)37(26(5)43)47-38(46)29-13-9-10-25(4)20-29/h6-21,23,33,37H,22H2,1-5H3/t33?,37-/m1/s1. The molecule has 0 aliphatic heterocycles. The van der Waals surface area contributed by atoms with Gasteiger partial charge in [-0.1, -0.05) is 91.2 Å². The zero-order chi connectivity index (χ0) is 33.8. The van der Waals surface area contributed by atoms with Crippen LogP contribution in [0.1, 0.15) is 70.0 Å². The molecule has 0 N–H and O–H groups in total. The Kier molecular flexibility index (Phi) is 10.0. The highest BCUT2D eigenvalue weighted by molar-refractivity contribution is 6.31. The third-order valence-electron chi connectivity index (χ3n) is 7.93. The maximum atomic E-state index is 14.6. The quantitative estimate of drug-likeness (QED) is 0.116. The molecule has 1 amide bonds. The summed E-state index contributed by atoms with van der Waals surface area (Å²) in [5, 5.41) is 0.737. The molecule has 0 saturated carbocycles. The van der Waals surface area contributed by atoms with Crippen molar-refractivity contribution in [3.8, 4) is 0 Å². The van der Waals surface area contributed by atoms with Crippen molar-refractivity contribution < 1.29 is 19.1 Å². The van der Waals surface area contributed by atoms with Crippen LogP contribution in [0.5, 0.6) is 0 Å². The van der Waals surface area contributed by atoms with Crippen LogP contribution in [-0.4, -0.2) is 38.3 Å². The van der Waals surface area contributed by atoms with Gasteiger partial charge in [0.1, 0.15) is 5.82 Å². The van der Waals surface area contributed by atoms with Crippen LogP contribution in [0.2, 0.25) is 5.02 Å². The second-order valence-electron chi connectivity index (χ2n) is 12.0. The molecular weight excluding hydrogens is 614 g/mol. The summed E-state index contributed by atoms with van der Waals surface area (Å²) in [6.07, 6.45) is -1.64. The van der Waals surface area contributed by atoms with Crippen LogP contribution in [0.25, 0.3) is 10.9 Å². The van der Waals surface area contributed by atoms with Crippen molar-refractivity contribution in [1.29, 1.82) is 0 Å². The van der Waals surface area contributed by atoms with Crippen molar-refractivity contribution in [3.05, 3.63) is 146 Å². The Labute approximate surface area is 278 Å². The van der Waals surface area contributed by atoms with Gasteiger partial charge < -0.3 is 4.74 Å². The molecule has 8 nitrogen and oxygen atoms in total. The Bertz CT molecular complexity index is 2000. The molecule has 0 bridgehead atoms. The Morgan fingerprint density at radius 2 is 1.55 bits per heavy atom. The van der Waals surface area contributed by atoms with Crippen LogP contribution < -0.4 is 5.56 Å². The first-order valence-corrected chi connectivity index (χ1v) is 15.7. The van der Waals surface area contributed by atoms with Crippen molar-refractivity contribution >= 4 is 40.2 Å². The number of carbonyl (C=O) groups excluding carboxylic acids is 3. The van der Waals surface area contributed by atoms with E-state index in [1.165, 1.54) is 16.4 Å². The predicted octanol–water partition coefficient (Wildman–Crippen LogP) is 7.33. The SMILES string of the molecule is CC(=O)[C@@H](OC(=O)c1cccc(C)c1)N(C(=O)c1ccc(C)cc1)C(c1nc2cc(Cl)ccc2c(=O)n1Cc1ccccc1)C(C)C. The zero-order valence-electron chi connectivity index (χ0n) is 26.9. The summed E-state index contributed by atoms with van der Waals surface area (Å²) in [5.74, 6) is -2.08. The number of amides is 1. The fourth-order valence-electron chi connectivity index (χ4n) is 5.60. The lowest BCUT2D eigenvalue weighted by Gasteiger charge is -2.39. The Morgan fingerprint density at radius 3 is 2.19 bits per heavy atom. The van der Waals surface area contributed by atoms with Gasteiger partial charge in [0.05, 0.1) is 29.1 Å². The molecule has 9 heteroatoms. The van der Waals surface area contributed by atoms with Gasteiger partial charge in [0, 0.05) is 17.5 Å². The molecule has 5 rings (SSSR count). The summed E-state index contributed by atoms with van der Waals surface area (Å²) >= 11 is 6.34. The van der Waals surface area contributed by atoms with Gasteiger partial charge in [-0.15, -0.1) is 0 Å². The van der Waals surface area contributed by atoms with E-state index in [0.29, 0.717) is 15.9 Å². The van der Waals surface area contributed by atoms with Crippen LogP contribution in [0.3, 0.4) is 0 Å². The number of aromatic nitrogens is 2. The fraction of sp³-hybridized carbons (Fsp3) is 0.237. The molecule has 0 saturated heterocycles. The van der Waals surface area contributed by atoms with Crippen molar-refractivity contribution in [1.82, 2.24) is 14.5 Å². The molecule has 2 atom stereocenters. The van der Waals surface area contributed by atoms with Gasteiger partial charge in [0.15, 0.2) is 5.78 Å². The maximum absolute atomic E-state index is 14.6. The van der Waals surface area contributed by atoms with Gasteiger partial charge in [-0.05, 0) is 67.8 Å². The highest BCUT2D eigenvalue weighted by Gasteiger charge is 2.41. The predicted molar refractivity (Wildman–Crippen MR) is 183 cm³/mol. The highest BCUT2D eigenvalue weighted by atomic mass is 35.5. The van der Waals surface area contributed by atoms with Crippen LogP contribution >= 0.6 is 11.6 Å². The van der Waals surface area contributed by atoms with Crippen molar-refractivity contribution in [2.24, 2.45) is 5.92 Å². The number of aryl methyl sites for hydroxylation is 2. The smallest absolute Gasteiger partial charge is 0.340 e. The topological polar surface area (TPSA) is 98.6 Å². The van der Waals surface area contributed by atoms with Gasteiger partial charge in [0.25, 0.3) is 11.5 Å². The number of ether oxygens (including phenoxy) is 1. The van der Waals surface area contributed by atoms with Crippen molar-refractivity contribution in [2.45, 2.75) is 53.4 Å². The van der Waals surface area contributed by atoms with E-state index in [2.05, 4.69) is 0 Å². The van der Waals surface area contributed by atoms with Gasteiger partial charge in [-0.2, -0.15) is 0 Å². The Morgan fingerprint density at radius 1 is 0.851 bits per heavy atom. The minimum Gasteiger partial charge on any atom is -0.430 e. The lowest BCUT2D eigenvalue weighted by molar-refractivity contribution is -0.136. The van der Waals surface area contributed by atoms with Gasteiger partial charge >= 0.3 is 5.97 Å². The third kappa shape index (κ3) is 7.34. The summed E-state index contributed by atoms with van der Waals surface area (Å²) in [5.41, 5.74) is 3.11. The van der Waals surface area contributed by atoms with Gasteiger partial charge in [-0.3, -0.25) is 23.9 Å². The molecule has 4 aromatic carbocycles. The zero-order valence-corrected chi connectivity index (χ0v) is 27.7. The van der Waals surface area contributed by atoms with E-state index in [4.69, 9.17) is 21.3 Å². The summed E-state index contributed by atoms with van der Waals surface area (Å²) in [6.45, 7) is 8.87. The average molecular weight is 650 g/mol. The highest BCUT2D eigenvalue weighted by Crippen LogP contribution is 2.33. The van der Waals surface area contributed by atoms with Crippen LogP contribution in [-0.2, 0) is 16.1 Å². The maximum Gasteiger partial charge on any atom is 0.340 e. The van der Waals surface area contributed by atoms with E-state index in [1.54, 1.807) is 60.7 Å². The first-order valence-electron chi connectivity index (χ1n) is 15.4. The molecule has 0 aliphatic rings. The first-order chi connectivity index (χ1) is 22.4. The number of halogens is 1. The Balaban J connectivity index is 1.76. The average Bonchev–Trinajstić information content (AvgIpc) is 3.04. The monoisotopic (exact) mass is 649 g/mol. The number of esters is 1. The van der Waals surface area contributed by atoms with E-state index < -0.39 is 35.8 Å². The number of nitrogens with zero attached hydrogens (tertiary/aromatic N) is 3. The molecular formula is C38H36ClN3O5. The molecule has 5 aromatic rings. The second-order valence-corrected chi connectivity index (χ2v) is 12.4. The number of rotatable bonds is 10. The normalized spacial score (nSPS) is 12.5. The number of hydrogen-bond donors (Lipinski definition) is 0. The molecule has 0 aliphatic carbocycles. The minimum absolute atomic E-state index is 0.143. The van der Waals surface area contributed by atoms with E-state index in [-0.39, 0.29) is 29.1 Å². The third-order valence-corrected chi connectivity index (χ3v) is 8.17. The first kappa shape index (κ1) is 33.3. The van der Waals surface area contributed by atoms with E-state index >= 15 is 0 Å². The van der Waals surface area contributed by atoms with Crippen LogP contribution in [0.4, 0.5) is 0 Å². The summed E-state index contributed by atoms with van der Waals surface area (Å²) in [4.78, 5) is 62.0. The minimum atomic E-state index is -1.64. The van der Waals surface area contributed by atoms with E-state index in [9.17, 15) is 19.2 Å². The molecule has 0 spiro atoms. The summed E-state index contributed by atoms with van der Waals surface area (Å²) in [7, 11) is 0. The number of fused-ring (bicyclic) bond motifs is 1. The molecule has 0 radical (unpaired) electrons. The molecule has 47 heavy (non-hydrogen) atoms. The molecule has 1 aromatic heterocycles. The molecule has 1 unspecified atom stereocenters. The summed E-state index contributed by atoms with van der Waals surface area (Å²) in [6, 6.07) is 27.0. The number of hydrogen-bond acceptors (Lipinski definition) is 6. The lowest BCUT2D eigenvalue weighted by atomic mass is 9.98. The van der Waals surface area contributed by atoms with Gasteiger partial charge in [-0.25, -0.2) is 9.78 Å². The summed E-state index contributed by atoms with van der Waals surface area (Å²) < 4.78 is 7.43. The number of benzene rings is 4. The van der Waals surface area contributed by atoms with Crippen LogP contribution in [0, 0.1) is 19.8 Å². The largest absolute Gasteiger partial charge is 0.430 e. The number of Topliss-reactive ketones (excluding diaryl/α,β-unsaturated/α-hetero) is 1. The molecule has 240 valence electrons.